The molecule has 0 atom stereocenters. The molecule has 0 saturated heterocycles. The molecule has 0 spiro atoms. The van der Waals surface area contributed by atoms with Crippen LogP contribution < -0.4 is 5.32 Å². The first-order chi connectivity index (χ1) is 5.33. The number of rotatable bonds is 3. The van der Waals surface area contributed by atoms with Crippen LogP contribution in [0.2, 0.25) is 0 Å². The third-order valence-electron chi connectivity index (χ3n) is 1.04. The third-order valence-corrected chi connectivity index (χ3v) is 1.28. The number of aromatic nitrogens is 3. The molecular formula is C5H7ClN4O. The third kappa shape index (κ3) is 2.55. The Morgan fingerprint density at radius 1 is 1.82 bits per heavy atom. The minimum atomic E-state index is -0.219. The summed E-state index contributed by atoms with van der Waals surface area (Å²) in [5.74, 6) is 0.361. The van der Waals surface area contributed by atoms with Crippen molar-refractivity contribution in [2.75, 3.05) is 5.88 Å². The van der Waals surface area contributed by atoms with Crippen LogP contribution in [0.1, 0.15) is 5.82 Å². The molecule has 1 rings (SSSR count). The van der Waals surface area contributed by atoms with Gasteiger partial charge >= 0.3 is 0 Å². The molecule has 0 saturated carbocycles. The van der Waals surface area contributed by atoms with Crippen molar-refractivity contribution in [2.45, 2.75) is 6.54 Å². The van der Waals surface area contributed by atoms with Gasteiger partial charge in [-0.05, 0) is 0 Å². The highest BCUT2D eigenvalue weighted by Gasteiger charge is 1.98. The number of aromatic amines is 1. The normalized spacial score (nSPS) is 9.55. The number of halogens is 1. The van der Waals surface area contributed by atoms with Gasteiger partial charge in [0, 0.05) is 0 Å². The fraction of sp³-hybridized carbons (Fsp3) is 0.400. The summed E-state index contributed by atoms with van der Waals surface area (Å²) in [6, 6.07) is 0. The smallest absolute Gasteiger partial charge is 0.235 e. The molecule has 0 aliphatic heterocycles. The molecule has 1 aromatic heterocycles. The summed E-state index contributed by atoms with van der Waals surface area (Å²) in [4.78, 5) is 14.4. The zero-order valence-electron chi connectivity index (χ0n) is 5.67. The zero-order chi connectivity index (χ0) is 8.10. The number of hydrogen-bond donors (Lipinski definition) is 2. The summed E-state index contributed by atoms with van der Waals surface area (Å²) in [5, 5.41) is 8.73. The van der Waals surface area contributed by atoms with E-state index in [9.17, 15) is 4.79 Å². The molecule has 60 valence electrons. The number of H-pyrrole nitrogens is 1. The van der Waals surface area contributed by atoms with E-state index < -0.39 is 0 Å². The van der Waals surface area contributed by atoms with E-state index in [1.807, 2.05) is 0 Å². The van der Waals surface area contributed by atoms with Crippen LogP contribution in [0.15, 0.2) is 6.33 Å². The van der Waals surface area contributed by atoms with E-state index in [4.69, 9.17) is 11.6 Å². The van der Waals surface area contributed by atoms with Gasteiger partial charge in [0.2, 0.25) is 5.91 Å². The predicted molar refractivity (Wildman–Crippen MR) is 38.9 cm³/mol. The monoisotopic (exact) mass is 174 g/mol. The molecule has 0 unspecified atom stereocenters. The molecule has 0 aliphatic carbocycles. The minimum Gasteiger partial charge on any atom is -0.348 e. The van der Waals surface area contributed by atoms with E-state index >= 15 is 0 Å². The van der Waals surface area contributed by atoms with Crippen LogP contribution in [0.3, 0.4) is 0 Å². The van der Waals surface area contributed by atoms with E-state index in [0.29, 0.717) is 12.4 Å². The molecule has 0 bridgehead atoms. The van der Waals surface area contributed by atoms with Gasteiger partial charge in [-0.25, -0.2) is 4.98 Å². The molecule has 2 N–H and O–H groups in total. The van der Waals surface area contributed by atoms with Crippen molar-refractivity contribution in [2.24, 2.45) is 0 Å². The van der Waals surface area contributed by atoms with Gasteiger partial charge in [-0.15, -0.1) is 11.6 Å². The average Bonchev–Trinajstić information content (AvgIpc) is 2.52. The maximum atomic E-state index is 10.6. The molecule has 0 aromatic carbocycles. The summed E-state index contributed by atoms with van der Waals surface area (Å²) < 4.78 is 0. The first-order valence-electron chi connectivity index (χ1n) is 3.00. The highest BCUT2D eigenvalue weighted by Crippen LogP contribution is 1.83. The van der Waals surface area contributed by atoms with Crippen LogP contribution in [-0.4, -0.2) is 27.0 Å². The lowest BCUT2D eigenvalue weighted by atomic mass is 10.5. The Morgan fingerprint density at radius 3 is 3.18 bits per heavy atom. The number of alkyl halides is 1. The Morgan fingerprint density at radius 2 is 2.64 bits per heavy atom. The molecule has 6 heteroatoms. The summed E-state index contributed by atoms with van der Waals surface area (Å²) in [5.41, 5.74) is 0. The Bertz CT molecular complexity index is 222. The maximum absolute atomic E-state index is 10.6. The van der Waals surface area contributed by atoms with Gasteiger partial charge in [-0.1, -0.05) is 0 Å². The summed E-state index contributed by atoms with van der Waals surface area (Å²) in [7, 11) is 0. The van der Waals surface area contributed by atoms with Crippen LogP contribution in [0.4, 0.5) is 0 Å². The number of hydrogen-bond acceptors (Lipinski definition) is 3. The predicted octanol–water partition coefficient (Wildman–Crippen LogP) is -0.340. The van der Waals surface area contributed by atoms with Gasteiger partial charge in [-0.2, -0.15) is 5.10 Å². The number of nitrogens with zero attached hydrogens (tertiary/aromatic N) is 2. The lowest BCUT2D eigenvalue weighted by Gasteiger charge is -1.97. The molecule has 0 aliphatic rings. The number of carbonyl (C=O) groups excluding carboxylic acids is 1. The SMILES string of the molecule is O=C(CCl)NCc1ncn[nH]1. The summed E-state index contributed by atoms with van der Waals surface area (Å²) in [6.07, 6.45) is 1.38. The maximum Gasteiger partial charge on any atom is 0.235 e. The van der Waals surface area contributed by atoms with Crippen LogP contribution in [0.25, 0.3) is 0 Å². The second-order valence-corrected chi connectivity index (χ2v) is 2.11. The number of carbonyl (C=O) groups is 1. The van der Waals surface area contributed by atoms with E-state index in [1.165, 1.54) is 6.33 Å². The second kappa shape index (κ2) is 3.92. The van der Waals surface area contributed by atoms with E-state index in [2.05, 4.69) is 20.5 Å². The lowest BCUT2D eigenvalue weighted by Crippen LogP contribution is -2.24. The van der Waals surface area contributed by atoms with Crippen molar-refractivity contribution >= 4 is 17.5 Å². The van der Waals surface area contributed by atoms with Gasteiger partial charge in [0.15, 0.2) is 0 Å². The van der Waals surface area contributed by atoms with Crippen molar-refractivity contribution < 1.29 is 4.79 Å². The Labute approximate surface area is 68.2 Å². The summed E-state index contributed by atoms with van der Waals surface area (Å²) >= 11 is 5.23. The van der Waals surface area contributed by atoms with Crippen molar-refractivity contribution in [3.63, 3.8) is 0 Å². The molecule has 5 nitrogen and oxygen atoms in total. The Balaban J connectivity index is 2.29. The van der Waals surface area contributed by atoms with Gasteiger partial charge < -0.3 is 5.32 Å². The minimum absolute atomic E-state index is 0.0336. The topological polar surface area (TPSA) is 70.7 Å². The largest absolute Gasteiger partial charge is 0.348 e. The first kappa shape index (κ1) is 8.00. The van der Waals surface area contributed by atoms with Gasteiger partial charge in [0.05, 0.1) is 6.54 Å². The molecule has 0 fully saturated rings. The zero-order valence-corrected chi connectivity index (χ0v) is 6.43. The molecule has 11 heavy (non-hydrogen) atoms. The number of nitrogens with one attached hydrogen (secondary N) is 2. The van der Waals surface area contributed by atoms with Crippen LogP contribution in [0.5, 0.6) is 0 Å². The van der Waals surface area contributed by atoms with Crippen molar-refractivity contribution in [3.8, 4) is 0 Å². The standard InChI is InChI=1S/C5H7ClN4O/c6-1-5(11)7-2-4-8-3-9-10-4/h3H,1-2H2,(H,7,11)(H,8,9,10). The Hall–Kier alpha value is -1.10. The molecular weight excluding hydrogens is 168 g/mol. The van der Waals surface area contributed by atoms with Gasteiger partial charge in [-0.3, -0.25) is 9.89 Å². The lowest BCUT2D eigenvalue weighted by molar-refractivity contribution is -0.118. The van der Waals surface area contributed by atoms with Crippen molar-refractivity contribution in [3.05, 3.63) is 12.2 Å². The molecule has 1 heterocycles. The highest BCUT2D eigenvalue weighted by molar-refractivity contribution is 6.27. The van der Waals surface area contributed by atoms with Crippen LogP contribution in [0, 0.1) is 0 Å². The van der Waals surface area contributed by atoms with Crippen molar-refractivity contribution in [1.82, 2.24) is 20.5 Å². The quantitative estimate of drug-likeness (QED) is 0.616. The highest BCUT2D eigenvalue weighted by atomic mass is 35.5. The molecule has 1 amide bonds. The van der Waals surface area contributed by atoms with Gasteiger partial charge in [0.1, 0.15) is 18.0 Å². The van der Waals surface area contributed by atoms with Crippen LogP contribution >= 0.6 is 11.6 Å². The molecule has 0 radical (unpaired) electrons. The summed E-state index contributed by atoms with van der Waals surface area (Å²) in [6.45, 7) is 0.339. The van der Waals surface area contributed by atoms with E-state index in [0.717, 1.165) is 0 Å². The van der Waals surface area contributed by atoms with Crippen LogP contribution in [-0.2, 0) is 11.3 Å². The Kier molecular flexibility index (Phi) is 2.85. The van der Waals surface area contributed by atoms with Gasteiger partial charge in [0.25, 0.3) is 0 Å². The number of amides is 1. The van der Waals surface area contributed by atoms with E-state index in [-0.39, 0.29) is 11.8 Å². The fourth-order valence-electron chi connectivity index (χ4n) is 0.546. The molecule has 1 aromatic rings. The fourth-order valence-corrected chi connectivity index (χ4v) is 0.640. The second-order valence-electron chi connectivity index (χ2n) is 1.84. The van der Waals surface area contributed by atoms with E-state index in [1.54, 1.807) is 0 Å². The van der Waals surface area contributed by atoms with Crippen molar-refractivity contribution in [1.29, 1.82) is 0 Å². The first-order valence-corrected chi connectivity index (χ1v) is 3.53. The average molecular weight is 175 g/mol.